The van der Waals surface area contributed by atoms with Crippen LogP contribution in [-0.4, -0.2) is 70.9 Å². The summed E-state index contributed by atoms with van der Waals surface area (Å²) in [6.45, 7) is 0. The summed E-state index contributed by atoms with van der Waals surface area (Å²) in [6.07, 6.45) is -56.9. The fraction of sp³-hybridized carbons (Fsp3) is 1.00. The van der Waals surface area contributed by atoms with Crippen LogP contribution in [-0.2, 0) is 4.74 Å². The van der Waals surface area contributed by atoms with Crippen LogP contribution < -0.4 is 0 Å². The fourth-order valence-electron chi connectivity index (χ4n) is 2.69. The summed E-state index contributed by atoms with van der Waals surface area (Å²) in [5, 5.41) is 0. The van der Waals surface area contributed by atoms with Gasteiger partial charge in [-0.2, -0.15) is 0 Å². The number of halogens is 32. The molecule has 0 radical (unpaired) electrons. The first kappa shape index (κ1) is 45.6. The van der Waals surface area contributed by atoms with Gasteiger partial charge in [-0.3, -0.25) is 0 Å². The van der Waals surface area contributed by atoms with Gasteiger partial charge in [-0.25, -0.2) is 0 Å². The maximum absolute atomic E-state index is 14.3. The van der Waals surface area contributed by atoms with E-state index in [-0.39, 0.29) is 4.74 Å². The third-order valence-corrected chi connectivity index (χ3v) is 12.7. The van der Waals surface area contributed by atoms with Crippen molar-refractivity contribution in [3.8, 4) is 0 Å². The molecule has 35 heteroatoms. The predicted octanol–water partition coefficient (Wildman–Crippen LogP) is 12.6. The Morgan fingerprint density at radius 1 is 0.234 bits per heavy atom. The third kappa shape index (κ3) is 4.74. The van der Waals surface area contributed by atoms with Crippen molar-refractivity contribution < 1.29 is 144 Å². The van der Waals surface area contributed by atoms with E-state index in [4.69, 9.17) is 0 Å². The van der Waals surface area contributed by atoms with Gasteiger partial charge >= 0.3 is 230 Å². The van der Waals surface area contributed by atoms with Crippen molar-refractivity contribution in [1.82, 2.24) is 0 Å². The first-order valence-electron chi connectivity index (χ1n) is 9.22. The predicted molar refractivity (Wildman–Crippen MR) is 83.2 cm³/mol. The van der Waals surface area contributed by atoms with E-state index in [2.05, 4.69) is 0 Å². The Labute approximate surface area is 231 Å². The third-order valence-electron chi connectivity index (χ3n) is 5.28. The van der Waals surface area contributed by atoms with Crippen molar-refractivity contribution in [3.63, 3.8) is 0 Å². The van der Waals surface area contributed by atoms with Crippen LogP contribution in [0, 0.1) is 0 Å². The number of rotatable bonds is 10. The molecule has 47 heavy (non-hydrogen) atoms. The van der Waals surface area contributed by atoms with Gasteiger partial charge in [0.05, 0.1) is 0 Å². The van der Waals surface area contributed by atoms with Crippen LogP contribution in [0.4, 0.5) is 140 Å². The molecular weight excluding hydrogens is 830 g/mol. The molecule has 0 unspecified atom stereocenters. The quantitative estimate of drug-likeness (QED) is 0.157. The molecule has 0 rings (SSSR count). The summed E-state index contributed by atoms with van der Waals surface area (Å²) >= 11 is 0. The average Bonchev–Trinajstić information content (AvgIpc) is 2.74. The Hall–Kier alpha value is -1.42. The Bertz CT molecular complexity index is 1040. The Morgan fingerprint density at radius 3 is 0.468 bits per heavy atom. The molecule has 0 N–H and O–H groups in total. The number of hydrogen-bond donors (Lipinski definition) is 0. The van der Waals surface area contributed by atoms with Crippen molar-refractivity contribution in [2.75, 3.05) is 0 Å². The van der Waals surface area contributed by atoms with Crippen LogP contribution in [0.5, 0.6) is 0 Å². The van der Waals surface area contributed by atoms with Gasteiger partial charge < -0.3 is 0 Å². The molecule has 0 atom stereocenters. The minimum atomic E-state index is -14.3. The van der Waals surface area contributed by atoms with Gasteiger partial charge in [-0.1, -0.05) is 0 Å². The van der Waals surface area contributed by atoms with Gasteiger partial charge in [-0.15, -0.1) is 0 Å². The molecule has 0 aromatic heterocycles. The maximum atomic E-state index is 14.3. The van der Waals surface area contributed by atoms with Crippen LogP contribution in [0.2, 0.25) is 0 Å². The van der Waals surface area contributed by atoms with Crippen molar-refractivity contribution in [2.24, 2.45) is 0 Å². The van der Waals surface area contributed by atoms with Crippen molar-refractivity contribution in [2.45, 2.75) is 70.9 Å². The molecule has 0 spiro atoms. The van der Waals surface area contributed by atoms with E-state index >= 15 is 0 Å². The normalized spacial score (nSPS) is 18.8. The molecule has 0 heterocycles. The average molecular weight is 830 g/mol. The number of ether oxygens (including phenoxy) is 1. The fourth-order valence-corrected chi connectivity index (χ4v) is 7.59. The first-order valence-corrected chi connectivity index (χ1v) is 13.3. The van der Waals surface area contributed by atoms with Gasteiger partial charge in [0.25, 0.3) is 0 Å². The first-order chi connectivity index (χ1) is 19.3. The molecule has 0 bridgehead atoms. The standard InChI is InChI=1S/C12F32OP2/c13-1(14,15)7(29,30)46(41,42,8(31,32)2(16,17)18)11(37,38)5(25,26)45-6(27,28)12(39,40)47(43,44,9(33,34)3(19,20)21)10(35,36)4(22,23)24. The minimum absolute atomic E-state index is 0.145. The topological polar surface area (TPSA) is 9.23 Å². The van der Waals surface area contributed by atoms with Gasteiger partial charge in [0, 0.05) is 0 Å². The Balaban J connectivity index is 8.40. The molecule has 0 amide bonds. The van der Waals surface area contributed by atoms with Crippen LogP contribution in [0.25, 0.3) is 0 Å². The summed E-state index contributed by atoms with van der Waals surface area (Å²) in [5.74, 6) is 0. The molecular formula is C12F32OP2. The van der Waals surface area contributed by atoms with E-state index in [9.17, 15) is 140 Å². The molecule has 0 aromatic carbocycles. The molecule has 0 aliphatic rings. The molecule has 0 saturated heterocycles. The van der Waals surface area contributed by atoms with Crippen LogP contribution >= 0.6 is 14.4 Å². The van der Waals surface area contributed by atoms with Gasteiger partial charge in [0.2, 0.25) is 0 Å². The van der Waals surface area contributed by atoms with E-state index in [0.29, 0.717) is 0 Å². The zero-order valence-corrected chi connectivity index (χ0v) is 21.2. The van der Waals surface area contributed by atoms with Crippen LogP contribution in [0.1, 0.15) is 0 Å². The number of alkyl halides is 28. The van der Waals surface area contributed by atoms with Crippen molar-refractivity contribution in [1.29, 1.82) is 0 Å². The van der Waals surface area contributed by atoms with Gasteiger partial charge in [0.1, 0.15) is 0 Å². The van der Waals surface area contributed by atoms with Crippen LogP contribution in [0.3, 0.4) is 0 Å². The number of hydrogen-bond acceptors (Lipinski definition) is 1. The SMILES string of the molecule is FC(F)(F)C(F)(F)P(F)(F)(C(F)(F)C(F)(F)F)C(F)(F)C(F)(F)OC(F)(F)C(F)(F)P(F)(F)(C(F)(F)C(F)(F)F)C(F)(F)C(F)(F)F. The second kappa shape index (κ2) is 10.1. The summed E-state index contributed by atoms with van der Waals surface area (Å²) in [5.41, 5.74) is -61.7. The Morgan fingerprint density at radius 2 is 0.362 bits per heavy atom. The van der Waals surface area contributed by atoms with E-state index in [1.54, 1.807) is 0 Å². The zero-order chi connectivity index (χ0) is 39.6. The van der Waals surface area contributed by atoms with Gasteiger partial charge in [0.15, 0.2) is 0 Å². The van der Waals surface area contributed by atoms with Crippen LogP contribution in [0.15, 0.2) is 0 Å². The molecule has 0 aliphatic heterocycles. The van der Waals surface area contributed by atoms with E-state index < -0.39 is 85.4 Å². The summed E-state index contributed by atoms with van der Waals surface area (Å²) in [4.78, 5) is 0. The summed E-state index contributed by atoms with van der Waals surface area (Å²) < 4.78 is 423. The summed E-state index contributed by atoms with van der Waals surface area (Å²) in [6, 6.07) is 0. The second-order valence-electron chi connectivity index (χ2n) is 8.19. The molecule has 0 fully saturated rings. The van der Waals surface area contributed by atoms with Crippen molar-refractivity contribution >= 4 is 14.4 Å². The monoisotopic (exact) mass is 830 g/mol. The van der Waals surface area contributed by atoms with E-state index in [0.717, 1.165) is 0 Å². The molecule has 1 nitrogen and oxygen atoms in total. The second-order valence-corrected chi connectivity index (χ2v) is 15.2. The van der Waals surface area contributed by atoms with E-state index in [1.807, 2.05) is 0 Å². The molecule has 288 valence electrons. The molecule has 0 saturated carbocycles. The van der Waals surface area contributed by atoms with Gasteiger partial charge in [-0.05, 0) is 0 Å². The zero-order valence-electron chi connectivity index (χ0n) is 19.4. The Kier molecular flexibility index (Phi) is 9.79. The molecule has 0 aliphatic carbocycles. The summed E-state index contributed by atoms with van der Waals surface area (Å²) in [7, 11) is -28.5. The molecule has 0 aromatic rings. The van der Waals surface area contributed by atoms with E-state index in [1.165, 1.54) is 0 Å². The van der Waals surface area contributed by atoms with Crippen molar-refractivity contribution in [3.05, 3.63) is 0 Å².